The molecule has 116 valence electrons. The molecule has 3 aliphatic rings. The number of aromatic hydroxyl groups is 1. The molecular weight excluding hydrogens is 272 g/mol. The van der Waals surface area contributed by atoms with Crippen LogP contribution < -0.4 is 0 Å². The number of phenolic OH excluding ortho intramolecular Hbond substituents is 1. The van der Waals surface area contributed by atoms with Gasteiger partial charge in [0.2, 0.25) is 0 Å². The lowest BCUT2D eigenvalue weighted by molar-refractivity contribution is -0.0646. The molecule has 0 spiro atoms. The van der Waals surface area contributed by atoms with Crippen LogP contribution in [0.15, 0.2) is 18.2 Å². The van der Waals surface area contributed by atoms with Crippen LogP contribution in [0.25, 0.3) is 0 Å². The molecule has 3 aliphatic carbocycles. The molecule has 2 heteroatoms. The molecule has 0 heterocycles. The van der Waals surface area contributed by atoms with Crippen LogP contribution in [0.5, 0.6) is 5.75 Å². The molecule has 0 bridgehead atoms. The number of fused-ring (bicyclic) bond motifs is 5. The number of phenols is 1. The minimum Gasteiger partial charge on any atom is -0.508 e. The molecule has 2 saturated carbocycles. The first-order chi connectivity index (χ1) is 10.5. The smallest absolute Gasteiger partial charge is 0.130 e. The Kier molecular flexibility index (Phi) is 2.91. The zero-order valence-corrected chi connectivity index (χ0v) is 13.2. The van der Waals surface area contributed by atoms with Gasteiger partial charge in [-0.3, -0.25) is 0 Å². The summed E-state index contributed by atoms with van der Waals surface area (Å²) in [7, 11) is 0. The molecule has 0 saturated heterocycles. The Morgan fingerprint density at radius 1 is 1.23 bits per heavy atom. The highest BCUT2D eigenvalue weighted by Crippen LogP contribution is 2.64. The lowest BCUT2D eigenvalue weighted by Gasteiger charge is -2.52. The minimum atomic E-state index is -0.919. The zero-order valence-electron chi connectivity index (χ0n) is 13.2. The van der Waals surface area contributed by atoms with E-state index in [-0.39, 0.29) is 5.41 Å². The summed E-state index contributed by atoms with van der Waals surface area (Å²) < 4.78 is 0. The lowest BCUT2D eigenvalue weighted by atomic mass is 9.53. The van der Waals surface area contributed by atoms with E-state index in [2.05, 4.69) is 18.9 Å². The van der Waals surface area contributed by atoms with Gasteiger partial charge in [0.25, 0.3) is 0 Å². The van der Waals surface area contributed by atoms with Gasteiger partial charge in [-0.15, -0.1) is 6.42 Å². The number of benzene rings is 1. The standard InChI is InChI=1S/C20H24O2/c1-3-20(22)11-9-18-17-6-4-13-12-14(21)5-7-15(13)16(17)8-10-19(18,20)2/h1,5,7,12,16-18,21-22H,4,6,8-11H2,2H3/t16-,17-,18+,19+,20-/m0/s1. The van der Waals surface area contributed by atoms with Crippen molar-refractivity contribution in [1.82, 2.24) is 0 Å². The third-order valence-electron chi connectivity index (χ3n) is 7.10. The van der Waals surface area contributed by atoms with E-state index in [1.807, 2.05) is 12.1 Å². The van der Waals surface area contributed by atoms with E-state index in [9.17, 15) is 10.2 Å². The van der Waals surface area contributed by atoms with E-state index in [1.165, 1.54) is 11.1 Å². The average molecular weight is 296 g/mol. The number of aryl methyl sites for hydroxylation is 1. The number of hydrogen-bond acceptors (Lipinski definition) is 2. The summed E-state index contributed by atoms with van der Waals surface area (Å²) in [5.41, 5.74) is 1.69. The van der Waals surface area contributed by atoms with Gasteiger partial charge in [-0.2, -0.15) is 0 Å². The van der Waals surface area contributed by atoms with Crippen molar-refractivity contribution in [3.63, 3.8) is 0 Å². The first-order valence-electron chi connectivity index (χ1n) is 8.50. The highest BCUT2D eigenvalue weighted by atomic mass is 16.3. The van der Waals surface area contributed by atoms with E-state index in [0.29, 0.717) is 23.5 Å². The molecule has 22 heavy (non-hydrogen) atoms. The molecule has 2 nitrogen and oxygen atoms in total. The summed E-state index contributed by atoms with van der Waals surface area (Å²) in [6.45, 7) is 2.22. The maximum atomic E-state index is 10.9. The number of rotatable bonds is 0. The summed E-state index contributed by atoms with van der Waals surface area (Å²) in [6, 6.07) is 5.87. The van der Waals surface area contributed by atoms with Crippen molar-refractivity contribution in [1.29, 1.82) is 0 Å². The summed E-state index contributed by atoms with van der Waals surface area (Å²) in [4.78, 5) is 0. The number of terminal acetylenes is 1. The maximum absolute atomic E-state index is 10.9. The number of hydrogen-bond donors (Lipinski definition) is 2. The minimum absolute atomic E-state index is 0.128. The van der Waals surface area contributed by atoms with Crippen LogP contribution >= 0.6 is 0 Å². The molecule has 5 atom stereocenters. The fraction of sp³-hybridized carbons (Fsp3) is 0.600. The van der Waals surface area contributed by atoms with Crippen LogP contribution in [0.1, 0.15) is 56.1 Å². The Morgan fingerprint density at radius 3 is 2.82 bits per heavy atom. The Balaban J connectivity index is 1.72. The molecule has 2 N–H and O–H groups in total. The SMILES string of the molecule is C#C[C@]1(O)CC[C@@H]2[C@H]3CCc4cc(O)ccc4[C@@H]3CC[C@]21C. The first kappa shape index (κ1) is 14.2. The predicted molar refractivity (Wildman–Crippen MR) is 86.5 cm³/mol. The van der Waals surface area contributed by atoms with Crippen molar-refractivity contribution >= 4 is 0 Å². The van der Waals surface area contributed by atoms with Gasteiger partial charge in [0.15, 0.2) is 0 Å². The van der Waals surface area contributed by atoms with E-state index in [1.54, 1.807) is 0 Å². The van der Waals surface area contributed by atoms with Crippen LogP contribution in [0.2, 0.25) is 0 Å². The van der Waals surface area contributed by atoms with Gasteiger partial charge in [0, 0.05) is 5.41 Å². The molecule has 1 aromatic rings. The van der Waals surface area contributed by atoms with E-state index in [4.69, 9.17) is 6.42 Å². The summed E-state index contributed by atoms with van der Waals surface area (Å²) in [5.74, 6) is 4.82. The molecule has 0 aliphatic heterocycles. The second kappa shape index (κ2) is 4.52. The third-order valence-corrected chi connectivity index (χ3v) is 7.10. The van der Waals surface area contributed by atoms with Crippen LogP contribution in [0.3, 0.4) is 0 Å². The van der Waals surface area contributed by atoms with Gasteiger partial charge in [0.1, 0.15) is 11.4 Å². The second-order valence-electron chi connectivity index (χ2n) is 7.80. The van der Waals surface area contributed by atoms with Crippen molar-refractivity contribution < 1.29 is 10.2 Å². The van der Waals surface area contributed by atoms with Crippen molar-refractivity contribution in [2.45, 2.75) is 57.0 Å². The predicted octanol–water partition coefficient (Wildman–Crippen LogP) is 3.61. The van der Waals surface area contributed by atoms with E-state index < -0.39 is 5.60 Å². The van der Waals surface area contributed by atoms with Gasteiger partial charge in [-0.1, -0.05) is 18.9 Å². The maximum Gasteiger partial charge on any atom is 0.130 e. The van der Waals surface area contributed by atoms with E-state index in [0.717, 1.165) is 38.5 Å². The molecular formula is C20H24O2. The molecule has 0 aromatic heterocycles. The molecule has 0 radical (unpaired) electrons. The topological polar surface area (TPSA) is 40.5 Å². The van der Waals surface area contributed by atoms with Gasteiger partial charge in [0.05, 0.1) is 0 Å². The molecule has 1 aromatic carbocycles. The summed E-state index contributed by atoms with van der Waals surface area (Å²) in [5, 5.41) is 20.6. The zero-order chi connectivity index (χ0) is 15.5. The van der Waals surface area contributed by atoms with Gasteiger partial charge in [-0.05, 0) is 79.5 Å². The monoisotopic (exact) mass is 296 g/mol. The first-order valence-corrected chi connectivity index (χ1v) is 8.50. The van der Waals surface area contributed by atoms with Crippen LogP contribution in [-0.4, -0.2) is 15.8 Å². The average Bonchev–Trinajstić information content (AvgIpc) is 2.79. The van der Waals surface area contributed by atoms with Crippen molar-refractivity contribution in [2.24, 2.45) is 17.3 Å². The fourth-order valence-corrected chi connectivity index (χ4v) is 5.82. The Morgan fingerprint density at radius 2 is 2.05 bits per heavy atom. The van der Waals surface area contributed by atoms with Gasteiger partial charge in [-0.25, -0.2) is 0 Å². The third kappa shape index (κ3) is 1.66. The quantitative estimate of drug-likeness (QED) is 0.718. The van der Waals surface area contributed by atoms with Crippen molar-refractivity contribution in [2.75, 3.05) is 0 Å². The fourth-order valence-electron chi connectivity index (χ4n) is 5.82. The van der Waals surface area contributed by atoms with Gasteiger partial charge < -0.3 is 10.2 Å². The van der Waals surface area contributed by atoms with Gasteiger partial charge >= 0.3 is 0 Å². The van der Waals surface area contributed by atoms with E-state index >= 15 is 0 Å². The highest BCUT2D eigenvalue weighted by molar-refractivity contribution is 5.40. The van der Waals surface area contributed by atoms with Crippen LogP contribution in [-0.2, 0) is 6.42 Å². The largest absolute Gasteiger partial charge is 0.508 e. The molecule has 0 unspecified atom stereocenters. The Labute approximate surface area is 132 Å². The van der Waals surface area contributed by atoms with Crippen molar-refractivity contribution in [3.8, 4) is 18.1 Å². The number of aliphatic hydroxyl groups is 1. The molecule has 4 rings (SSSR count). The normalized spacial score (nSPS) is 42.9. The Bertz CT molecular complexity index is 658. The lowest BCUT2D eigenvalue weighted by Crippen LogP contribution is -2.50. The molecule has 2 fully saturated rings. The van der Waals surface area contributed by atoms with Crippen molar-refractivity contribution in [3.05, 3.63) is 29.3 Å². The summed E-state index contributed by atoms with van der Waals surface area (Å²) >= 11 is 0. The highest BCUT2D eigenvalue weighted by Gasteiger charge is 2.61. The van der Waals surface area contributed by atoms with Crippen LogP contribution in [0.4, 0.5) is 0 Å². The Hall–Kier alpha value is -1.46. The molecule has 0 amide bonds. The second-order valence-corrected chi connectivity index (χ2v) is 7.80. The van der Waals surface area contributed by atoms with Crippen LogP contribution in [0, 0.1) is 29.6 Å². The summed E-state index contributed by atoms with van der Waals surface area (Å²) in [6.07, 6.45) is 11.8.